The summed E-state index contributed by atoms with van der Waals surface area (Å²) in [6.45, 7) is 7.19. The smallest absolute Gasteiger partial charge is 0.143 e. The topological polar surface area (TPSA) is 9.23 Å². The van der Waals surface area contributed by atoms with Gasteiger partial charge in [-0.25, -0.2) is 0 Å². The first-order valence-corrected chi connectivity index (χ1v) is 8.95. The van der Waals surface area contributed by atoms with Crippen LogP contribution in [-0.2, 0) is 10.3 Å². The van der Waals surface area contributed by atoms with Gasteiger partial charge >= 0.3 is 0 Å². The van der Waals surface area contributed by atoms with Crippen LogP contribution in [0.1, 0.15) is 36.1 Å². The van der Waals surface area contributed by atoms with Gasteiger partial charge in [0.05, 0.1) is 6.61 Å². The van der Waals surface area contributed by atoms with Crippen molar-refractivity contribution in [2.45, 2.75) is 26.4 Å². The van der Waals surface area contributed by atoms with E-state index in [-0.39, 0.29) is 0 Å². The van der Waals surface area contributed by atoms with Gasteiger partial charge in [-0.1, -0.05) is 104 Å². The third-order valence-electron chi connectivity index (χ3n) is 4.45. The Morgan fingerprint density at radius 3 is 1.56 bits per heavy atom. The molecule has 3 rings (SSSR count). The van der Waals surface area contributed by atoms with Crippen LogP contribution < -0.4 is 0 Å². The molecule has 3 aromatic rings. The molecule has 0 aromatic heterocycles. The second kappa shape index (κ2) is 7.67. The van der Waals surface area contributed by atoms with Crippen molar-refractivity contribution in [1.82, 2.24) is 0 Å². The Morgan fingerprint density at radius 2 is 1.12 bits per heavy atom. The molecule has 0 saturated heterocycles. The summed E-state index contributed by atoms with van der Waals surface area (Å²) >= 11 is 0. The van der Waals surface area contributed by atoms with Crippen LogP contribution in [0.4, 0.5) is 0 Å². The maximum Gasteiger partial charge on any atom is 0.143 e. The van der Waals surface area contributed by atoms with Crippen molar-refractivity contribution in [1.29, 1.82) is 0 Å². The molecule has 0 saturated carbocycles. The Kier molecular flexibility index (Phi) is 5.35. The average Bonchev–Trinajstić information content (AvgIpc) is 2.65. The van der Waals surface area contributed by atoms with E-state index < -0.39 is 5.60 Å². The van der Waals surface area contributed by atoms with E-state index in [9.17, 15) is 0 Å². The lowest BCUT2D eigenvalue weighted by Crippen LogP contribution is -2.34. The summed E-state index contributed by atoms with van der Waals surface area (Å²) in [5.41, 5.74) is 4.13. The van der Waals surface area contributed by atoms with Gasteiger partial charge in [-0.2, -0.15) is 0 Å². The zero-order chi connectivity index (χ0) is 17.7. The quantitative estimate of drug-likeness (QED) is 0.507. The first-order chi connectivity index (χ1) is 12.1. The van der Waals surface area contributed by atoms with E-state index in [4.69, 9.17) is 4.74 Å². The van der Waals surface area contributed by atoms with Crippen LogP contribution >= 0.6 is 0 Å². The number of aryl methyl sites for hydroxylation is 1. The Bertz CT molecular complexity index is 734. The van der Waals surface area contributed by atoms with Crippen molar-refractivity contribution in [3.8, 4) is 0 Å². The van der Waals surface area contributed by atoms with Crippen LogP contribution in [0.5, 0.6) is 0 Å². The molecular weight excluding hydrogens is 304 g/mol. The fourth-order valence-electron chi connectivity index (χ4n) is 3.18. The zero-order valence-corrected chi connectivity index (χ0v) is 15.3. The number of rotatable bonds is 6. The van der Waals surface area contributed by atoms with Crippen LogP contribution in [0, 0.1) is 12.8 Å². The van der Waals surface area contributed by atoms with E-state index in [2.05, 4.69) is 106 Å². The van der Waals surface area contributed by atoms with Gasteiger partial charge < -0.3 is 4.74 Å². The summed E-state index contributed by atoms with van der Waals surface area (Å²) in [4.78, 5) is 0. The molecule has 0 bridgehead atoms. The maximum atomic E-state index is 6.69. The fraction of sp³-hybridized carbons (Fsp3) is 0.250. The van der Waals surface area contributed by atoms with Gasteiger partial charge in [0.1, 0.15) is 5.60 Å². The van der Waals surface area contributed by atoms with Crippen LogP contribution in [0.2, 0.25) is 0 Å². The van der Waals surface area contributed by atoms with Crippen LogP contribution in [-0.4, -0.2) is 6.61 Å². The van der Waals surface area contributed by atoms with E-state index >= 15 is 0 Å². The largest absolute Gasteiger partial charge is 0.361 e. The summed E-state index contributed by atoms with van der Waals surface area (Å²) < 4.78 is 6.69. The van der Waals surface area contributed by atoms with Crippen molar-refractivity contribution in [2.24, 2.45) is 5.92 Å². The van der Waals surface area contributed by atoms with Crippen molar-refractivity contribution in [3.63, 3.8) is 0 Å². The lowest BCUT2D eigenvalue weighted by molar-refractivity contribution is -0.00233. The van der Waals surface area contributed by atoms with E-state index in [1.165, 1.54) is 5.56 Å². The van der Waals surface area contributed by atoms with E-state index in [1.54, 1.807) is 0 Å². The maximum absolute atomic E-state index is 6.69. The van der Waals surface area contributed by atoms with Crippen LogP contribution in [0.25, 0.3) is 0 Å². The first kappa shape index (κ1) is 17.4. The van der Waals surface area contributed by atoms with Gasteiger partial charge in [0.25, 0.3) is 0 Å². The van der Waals surface area contributed by atoms with Crippen molar-refractivity contribution >= 4 is 0 Å². The molecule has 0 atom stereocenters. The van der Waals surface area contributed by atoms with Crippen molar-refractivity contribution < 1.29 is 4.74 Å². The molecule has 0 aliphatic heterocycles. The van der Waals surface area contributed by atoms with Crippen molar-refractivity contribution in [2.75, 3.05) is 6.61 Å². The predicted octanol–water partition coefficient (Wildman–Crippen LogP) is 5.96. The Morgan fingerprint density at radius 1 is 0.680 bits per heavy atom. The van der Waals surface area contributed by atoms with E-state index in [0.29, 0.717) is 12.5 Å². The molecule has 0 amide bonds. The van der Waals surface area contributed by atoms with Gasteiger partial charge in [0.15, 0.2) is 0 Å². The van der Waals surface area contributed by atoms with Gasteiger partial charge in [-0.05, 0) is 29.5 Å². The van der Waals surface area contributed by atoms with Crippen LogP contribution in [0.15, 0.2) is 84.9 Å². The van der Waals surface area contributed by atoms with Crippen LogP contribution in [0.3, 0.4) is 0 Å². The number of benzene rings is 3. The third kappa shape index (κ3) is 3.67. The SMILES string of the molecule is Cc1ccc(C(OCC(C)C)(c2ccccc2)c2ccccc2)cc1. The first-order valence-electron chi connectivity index (χ1n) is 8.95. The zero-order valence-electron chi connectivity index (χ0n) is 15.3. The molecule has 0 N–H and O–H groups in total. The molecule has 128 valence electrons. The second-order valence-electron chi connectivity index (χ2n) is 6.98. The molecule has 0 spiro atoms. The van der Waals surface area contributed by atoms with E-state index in [0.717, 1.165) is 16.7 Å². The minimum Gasteiger partial charge on any atom is -0.361 e. The summed E-state index contributed by atoms with van der Waals surface area (Å²) in [6.07, 6.45) is 0. The normalized spacial score (nSPS) is 11.7. The molecule has 0 aliphatic rings. The minimum atomic E-state index is -0.597. The summed E-state index contributed by atoms with van der Waals surface area (Å²) in [5.74, 6) is 0.456. The lowest BCUT2D eigenvalue weighted by Gasteiger charge is -2.36. The molecule has 1 nitrogen and oxygen atoms in total. The summed E-state index contributed by atoms with van der Waals surface area (Å²) in [7, 11) is 0. The monoisotopic (exact) mass is 330 g/mol. The van der Waals surface area contributed by atoms with Gasteiger partial charge in [-0.15, -0.1) is 0 Å². The van der Waals surface area contributed by atoms with Crippen molar-refractivity contribution in [3.05, 3.63) is 107 Å². The van der Waals surface area contributed by atoms with E-state index in [1.807, 2.05) is 0 Å². The second-order valence-corrected chi connectivity index (χ2v) is 6.98. The predicted molar refractivity (Wildman–Crippen MR) is 105 cm³/mol. The van der Waals surface area contributed by atoms with Gasteiger partial charge in [0.2, 0.25) is 0 Å². The fourth-order valence-corrected chi connectivity index (χ4v) is 3.18. The minimum absolute atomic E-state index is 0.456. The highest BCUT2D eigenvalue weighted by molar-refractivity contribution is 5.47. The standard InChI is InChI=1S/C24H26O/c1-19(2)18-25-24(21-10-6-4-7-11-21,22-12-8-5-9-13-22)23-16-14-20(3)15-17-23/h4-17,19H,18H2,1-3H3. The van der Waals surface area contributed by atoms with Gasteiger partial charge in [0, 0.05) is 0 Å². The number of hydrogen-bond donors (Lipinski definition) is 0. The molecule has 0 fully saturated rings. The molecule has 25 heavy (non-hydrogen) atoms. The molecule has 0 unspecified atom stereocenters. The molecular formula is C24H26O. The van der Waals surface area contributed by atoms with Gasteiger partial charge in [-0.3, -0.25) is 0 Å². The number of ether oxygens (including phenoxy) is 1. The highest BCUT2D eigenvalue weighted by Gasteiger charge is 2.37. The molecule has 0 radical (unpaired) electrons. The molecule has 3 aromatic carbocycles. The third-order valence-corrected chi connectivity index (χ3v) is 4.45. The molecule has 0 heterocycles. The summed E-state index contributed by atoms with van der Waals surface area (Å²) in [5, 5.41) is 0. The Balaban J connectivity index is 2.25. The lowest BCUT2D eigenvalue weighted by atomic mass is 9.79. The molecule has 0 aliphatic carbocycles. The average molecular weight is 330 g/mol. The number of hydrogen-bond acceptors (Lipinski definition) is 1. The molecule has 1 heteroatoms. The highest BCUT2D eigenvalue weighted by atomic mass is 16.5. The Labute approximate surface area is 151 Å². The summed E-state index contributed by atoms with van der Waals surface area (Å²) in [6, 6.07) is 29.8. The Hall–Kier alpha value is -2.38. The highest BCUT2D eigenvalue weighted by Crippen LogP contribution is 2.40.